The molecular formula is C15H16N2O3. The van der Waals surface area contributed by atoms with E-state index in [1.54, 1.807) is 0 Å². The van der Waals surface area contributed by atoms with Crippen molar-refractivity contribution in [3.05, 3.63) is 35.9 Å². The second kappa shape index (κ2) is 6.20. The maximum Gasteiger partial charge on any atom is 0.328 e. The Bertz CT molecular complexity index is 536. The first kappa shape index (κ1) is 14.1. The molecule has 0 aliphatic carbocycles. The van der Waals surface area contributed by atoms with Gasteiger partial charge in [-0.1, -0.05) is 30.3 Å². The van der Waals surface area contributed by atoms with Gasteiger partial charge in [0.15, 0.2) is 0 Å². The molecule has 1 aliphatic rings. The average Bonchev–Trinajstić information content (AvgIpc) is 2.86. The molecule has 2 atom stereocenters. The molecule has 2 unspecified atom stereocenters. The van der Waals surface area contributed by atoms with E-state index in [4.69, 9.17) is 10.00 Å². The van der Waals surface area contributed by atoms with E-state index >= 15 is 0 Å². The predicted octanol–water partition coefficient (Wildman–Crippen LogP) is 1.81. The van der Waals surface area contributed by atoms with E-state index in [1.165, 1.54) is 12.0 Å². The van der Waals surface area contributed by atoms with Crippen LogP contribution in [0.15, 0.2) is 30.3 Å². The average molecular weight is 272 g/mol. The van der Waals surface area contributed by atoms with Crippen LogP contribution in [0.1, 0.15) is 30.9 Å². The number of carbonyl (C=O) groups excluding carboxylic acids is 2. The SMILES string of the molecule is COC(=O)C1CCC(=O)N1C(CC#N)c1ccccc1. The van der Waals surface area contributed by atoms with Gasteiger partial charge in [-0.3, -0.25) is 4.79 Å². The molecule has 5 heteroatoms. The standard InChI is InChI=1S/C15H16N2O3/c1-20-15(19)13-7-8-14(18)17(13)12(9-10-16)11-5-3-2-4-6-11/h2-6,12-13H,7-9H2,1H3. The van der Waals surface area contributed by atoms with Crippen molar-refractivity contribution in [2.75, 3.05) is 7.11 Å². The van der Waals surface area contributed by atoms with Crippen molar-refractivity contribution in [1.29, 1.82) is 5.26 Å². The first-order chi connectivity index (χ1) is 9.69. The summed E-state index contributed by atoms with van der Waals surface area (Å²) >= 11 is 0. The fraction of sp³-hybridized carbons (Fsp3) is 0.400. The van der Waals surface area contributed by atoms with E-state index < -0.39 is 18.1 Å². The van der Waals surface area contributed by atoms with Gasteiger partial charge in [0.25, 0.3) is 0 Å². The van der Waals surface area contributed by atoms with Crippen LogP contribution in [-0.2, 0) is 14.3 Å². The first-order valence-electron chi connectivity index (χ1n) is 6.50. The van der Waals surface area contributed by atoms with Crippen molar-refractivity contribution in [2.24, 2.45) is 0 Å². The fourth-order valence-electron chi connectivity index (χ4n) is 2.60. The van der Waals surface area contributed by atoms with Gasteiger partial charge in [0.2, 0.25) is 5.91 Å². The quantitative estimate of drug-likeness (QED) is 0.784. The Morgan fingerprint density at radius 1 is 1.50 bits per heavy atom. The molecule has 1 aromatic carbocycles. The Hall–Kier alpha value is -2.35. The van der Waals surface area contributed by atoms with Crippen LogP contribution in [0.2, 0.25) is 0 Å². The molecule has 0 aromatic heterocycles. The van der Waals surface area contributed by atoms with Gasteiger partial charge in [0, 0.05) is 6.42 Å². The number of esters is 1. The van der Waals surface area contributed by atoms with Gasteiger partial charge in [0.05, 0.1) is 25.6 Å². The van der Waals surface area contributed by atoms with Crippen molar-refractivity contribution >= 4 is 11.9 Å². The van der Waals surface area contributed by atoms with Gasteiger partial charge in [-0.15, -0.1) is 0 Å². The Morgan fingerprint density at radius 3 is 2.80 bits per heavy atom. The van der Waals surface area contributed by atoms with Gasteiger partial charge < -0.3 is 9.64 Å². The van der Waals surface area contributed by atoms with Gasteiger partial charge in [-0.25, -0.2) is 4.79 Å². The first-order valence-corrected chi connectivity index (χ1v) is 6.50. The van der Waals surface area contributed by atoms with E-state index in [9.17, 15) is 9.59 Å². The number of nitriles is 1. The molecule has 0 bridgehead atoms. The van der Waals surface area contributed by atoms with Crippen molar-refractivity contribution in [3.8, 4) is 6.07 Å². The molecule has 1 saturated heterocycles. The number of benzene rings is 1. The van der Waals surface area contributed by atoms with Crippen LogP contribution >= 0.6 is 0 Å². The summed E-state index contributed by atoms with van der Waals surface area (Å²) in [5.74, 6) is -0.528. The number of rotatable bonds is 4. The zero-order valence-corrected chi connectivity index (χ0v) is 11.3. The minimum absolute atomic E-state index is 0.107. The second-order valence-electron chi connectivity index (χ2n) is 4.67. The highest BCUT2D eigenvalue weighted by Gasteiger charge is 2.41. The predicted molar refractivity (Wildman–Crippen MR) is 71.3 cm³/mol. The minimum Gasteiger partial charge on any atom is -0.467 e. The summed E-state index contributed by atoms with van der Waals surface area (Å²) in [7, 11) is 1.31. The van der Waals surface area contributed by atoms with Crippen LogP contribution in [0.4, 0.5) is 0 Å². The van der Waals surface area contributed by atoms with Crippen molar-refractivity contribution < 1.29 is 14.3 Å². The maximum absolute atomic E-state index is 12.1. The number of hydrogen-bond donors (Lipinski definition) is 0. The lowest BCUT2D eigenvalue weighted by Gasteiger charge is -2.30. The highest BCUT2D eigenvalue weighted by Crippen LogP contribution is 2.33. The van der Waals surface area contributed by atoms with Gasteiger partial charge >= 0.3 is 5.97 Å². The number of nitrogens with zero attached hydrogens (tertiary/aromatic N) is 2. The summed E-state index contributed by atoms with van der Waals surface area (Å²) in [6, 6.07) is 10.4. The van der Waals surface area contributed by atoms with Gasteiger partial charge in [-0.2, -0.15) is 5.26 Å². The fourth-order valence-corrected chi connectivity index (χ4v) is 2.60. The Labute approximate surface area is 117 Å². The summed E-state index contributed by atoms with van der Waals surface area (Å²) in [4.78, 5) is 25.4. The van der Waals surface area contributed by atoms with Crippen molar-refractivity contribution in [3.63, 3.8) is 0 Å². The lowest BCUT2D eigenvalue weighted by atomic mass is 10.0. The molecular weight excluding hydrogens is 256 g/mol. The molecule has 1 fully saturated rings. The van der Waals surface area contributed by atoms with E-state index in [0.717, 1.165) is 5.56 Å². The molecule has 1 heterocycles. The number of likely N-dealkylation sites (tertiary alicyclic amines) is 1. The molecule has 5 nitrogen and oxygen atoms in total. The number of carbonyl (C=O) groups is 2. The van der Waals surface area contributed by atoms with Gasteiger partial charge in [0.1, 0.15) is 6.04 Å². The van der Waals surface area contributed by atoms with E-state index in [2.05, 4.69) is 6.07 Å². The molecule has 104 valence electrons. The van der Waals surface area contributed by atoms with E-state index in [1.807, 2.05) is 30.3 Å². The molecule has 0 spiro atoms. The Balaban J connectivity index is 2.34. The van der Waals surface area contributed by atoms with Crippen LogP contribution in [0.5, 0.6) is 0 Å². The van der Waals surface area contributed by atoms with Crippen molar-refractivity contribution in [1.82, 2.24) is 4.90 Å². The number of amides is 1. The summed E-state index contributed by atoms with van der Waals surface area (Å²) in [6.45, 7) is 0. The third-order valence-electron chi connectivity index (χ3n) is 3.53. The van der Waals surface area contributed by atoms with Gasteiger partial charge in [-0.05, 0) is 12.0 Å². The number of hydrogen-bond acceptors (Lipinski definition) is 4. The molecule has 1 aromatic rings. The third kappa shape index (κ3) is 2.64. The van der Waals surface area contributed by atoms with Crippen LogP contribution in [0, 0.1) is 11.3 Å². The van der Waals surface area contributed by atoms with Crippen LogP contribution < -0.4 is 0 Å². The third-order valence-corrected chi connectivity index (χ3v) is 3.53. The highest BCUT2D eigenvalue weighted by atomic mass is 16.5. The largest absolute Gasteiger partial charge is 0.467 e. The topological polar surface area (TPSA) is 70.4 Å². The number of methoxy groups -OCH3 is 1. The number of ether oxygens (including phenoxy) is 1. The highest BCUT2D eigenvalue weighted by molar-refractivity contribution is 5.88. The zero-order chi connectivity index (χ0) is 14.5. The molecule has 0 N–H and O–H groups in total. The summed E-state index contributed by atoms with van der Waals surface area (Å²) < 4.78 is 4.76. The lowest BCUT2D eigenvalue weighted by molar-refractivity contribution is -0.150. The summed E-state index contributed by atoms with van der Waals surface area (Å²) in [5, 5.41) is 9.02. The normalized spacial score (nSPS) is 19.5. The second-order valence-corrected chi connectivity index (χ2v) is 4.67. The molecule has 0 radical (unpaired) electrons. The summed E-state index contributed by atoms with van der Waals surface area (Å²) in [6.07, 6.45) is 0.915. The van der Waals surface area contributed by atoms with Crippen molar-refractivity contribution in [2.45, 2.75) is 31.3 Å². The van der Waals surface area contributed by atoms with Crippen LogP contribution in [0.3, 0.4) is 0 Å². The Morgan fingerprint density at radius 2 is 2.20 bits per heavy atom. The maximum atomic E-state index is 12.1. The molecule has 20 heavy (non-hydrogen) atoms. The van der Waals surface area contributed by atoms with Crippen LogP contribution in [0.25, 0.3) is 0 Å². The molecule has 0 saturated carbocycles. The lowest BCUT2D eigenvalue weighted by Crippen LogP contribution is -2.41. The molecule has 2 rings (SSSR count). The Kier molecular flexibility index (Phi) is 4.36. The minimum atomic E-state index is -0.592. The zero-order valence-electron chi connectivity index (χ0n) is 11.3. The molecule has 1 amide bonds. The molecule has 1 aliphatic heterocycles. The van der Waals surface area contributed by atoms with Crippen LogP contribution in [-0.4, -0.2) is 29.9 Å². The van der Waals surface area contributed by atoms with E-state index in [-0.39, 0.29) is 12.3 Å². The van der Waals surface area contributed by atoms with E-state index in [0.29, 0.717) is 12.8 Å². The smallest absolute Gasteiger partial charge is 0.328 e. The monoisotopic (exact) mass is 272 g/mol. The summed E-state index contributed by atoms with van der Waals surface area (Å²) in [5.41, 5.74) is 0.859.